The number of aryl methyl sites for hydroxylation is 6. The van der Waals surface area contributed by atoms with Crippen molar-refractivity contribution in [3.8, 4) is 34.4 Å². The van der Waals surface area contributed by atoms with E-state index in [0.29, 0.717) is 46.5 Å². The van der Waals surface area contributed by atoms with Gasteiger partial charge in [-0.15, -0.1) is 0 Å². The van der Waals surface area contributed by atoms with Crippen LogP contribution in [0, 0.1) is 70.0 Å². The molecule has 0 saturated carbocycles. The number of imide groups is 4. The van der Waals surface area contributed by atoms with E-state index in [1.165, 1.54) is 6.07 Å². The van der Waals surface area contributed by atoms with Gasteiger partial charge in [0, 0.05) is 72.0 Å². The standard InChI is InChI=1S/C36H33ClN6O5.C23H25ClN4O.C13H9FN2O4/c1-20-6-7-23(33-21(2)41-48-22(33)3)16-31(20)42(26-10-8-24(19-38)29(37)18-26)15-5-4-14-39-25-9-11-27-28(17-25)36(47)43(35(27)46)30-12-13-32(44)40-34(30)45;1-15-6-7-18(23-16(2)27-29-17(23)3)12-22(15)28(11-5-4-10-25)20-9-8-19(14-26)21(24)13-20;14-6-1-2-7-8(5-6)13(20)16(12(7)19)9-3-4-10(17)15-11(9)18/h6-11,16-18,30,39H,4-5,12-15H2,1-3H3,(H,40,44,45);6-9,12-13H,4-5,10-11,25H2,1-3H3;1-2,5,9H,3-4H2,(H,15,17,18). The van der Waals surface area contributed by atoms with Gasteiger partial charge in [0.25, 0.3) is 23.6 Å². The number of piperidine rings is 2. The van der Waals surface area contributed by atoms with Crippen LogP contribution in [0.1, 0.15) is 138 Å². The third kappa shape index (κ3) is 14.7. The van der Waals surface area contributed by atoms with Gasteiger partial charge < -0.3 is 29.9 Å². The second-order valence-corrected chi connectivity index (χ2v) is 24.5. The van der Waals surface area contributed by atoms with E-state index in [2.05, 4.69) is 91.5 Å². The molecule has 2 saturated heterocycles. The van der Waals surface area contributed by atoms with Gasteiger partial charge in [-0.2, -0.15) is 10.5 Å². The van der Waals surface area contributed by atoms with Crippen LogP contribution < -0.4 is 31.5 Å². The lowest BCUT2D eigenvalue weighted by Gasteiger charge is -2.28. The van der Waals surface area contributed by atoms with Crippen LogP contribution in [0.3, 0.4) is 0 Å². The normalized spacial score (nSPS) is 15.5. The Hall–Kier alpha value is -10.9. The number of amides is 8. The maximum Gasteiger partial charge on any atom is 0.262 e. The maximum absolute atomic E-state index is 13.2. The molecule has 496 valence electrons. The first kappa shape index (κ1) is 69.0. The second-order valence-electron chi connectivity index (χ2n) is 23.7. The molecule has 2 fully saturated rings. The molecule has 6 heterocycles. The van der Waals surface area contributed by atoms with Crippen molar-refractivity contribution >= 4 is 98.9 Å². The molecule has 8 amide bonds. The summed E-state index contributed by atoms with van der Waals surface area (Å²) in [5.74, 6) is -3.69. The fourth-order valence-corrected chi connectivity index (χ4v) is 12.7. The summed E-state index contributed by atoms with van der Waals surface area (Å²) in [5, 5.41) is 35.3. The number of unbranched alkanes of at least 4 members (excludes halogenated alkanes) is 2. The van der Waals surface area contributed by atoms with Crippen LogP contribution in [-0.4, -0.2) is 106 Å². The number of nitriles is 2. The van der Waals surface area contributed by atoms with Crippen LogP contribution in [0.2, 0.25) is 10.0 Å². The zero-order chi connectivity index (χ0) is 69.5. The Balaban J connectivity index is 0.000000176. The zero-order valence-corrected chi connectivity index (χ0v) is 55.4. The Labute approximate surface area is 568 Å². The van der Waals surface area contributed by atoms with Crippen molar-refractivity contribution in [1.82, 2.24) is 30.7 Å². The number of nitrogens with two attached hydrogens (primary N) is 1. The van der Waals surface area contributed by atoms with Crippen molar-refractivity contribution in [1.29, 1.82) is 10.5 Å². The number of hydrogen-bond donors (Lipinski definition) is 4. The van der Waals surface area contributed by atoms with E-state index in [-0.39, 0.29) is 47.9 Å². The molecule has 0 bridgehead atoms. The van der Waals surface area contributed by atoms with Gasteiger partial charge in [-0.1, -0.05) is 57.8 Å². The van der Waals surface area contributed by atoms with Gasteiger partial charge in [-0.3, -0.25) is 58.8 Å². The van der Waals surface area contributed by atoms with Crippen LogP contribution in [0.25, 0.3) is 22.3 Å². The van der Waals surface area contributed by atoms with Gasteiger partial charge in [0.05, 0.1) is 54.8 Å². The van der Waals surface area contributed by atoms with E-state index in [4.69, 9.17) is 38.0 Å². The smallest absolute Gasteiger partial charge is 0.262 e. The molecule has 8 aromatic rings. The summed E-state index contributed by atoms with van der Waals surface area (Å²) in [5.41, 5.74) is 19.5. The number of rotatable bonds is 18. The minimum atomic E-state index is -1.02. The number of aromatic nitrogens is 2. The first-order valence-corrected chi connectivity index (χ1v) is 32.1. The molecular formula is C72H67Cl2FN12O10. The number of fused-ring (bicyclic) bond motifs is 2. The van der Waals surface area contributed by atoms with Crippen LogP contribution in [0.15, 0.2) is 118 Å². The molecule has 4 aliphatic heterocycles. The highest BCUT2D eigenvalue weighted by Gasteiger charge is 2.46. The van der Waals surface area contributed by atoms with E-state index >= 15 is 0 Å². The molecule has 2 aromatic heterocycles. The summed E-state index contributed by atoms with van der Waals surface area (Å²) in [6.07, 6.45) is 3.75. The second kappa shape index (κ2) is 29.8. The van der Waals surface area contributed by atoms with Crippen molar-refractivity contribution < 1.29 is 51.8 Å². The summed E-state index contributed by atoms with van der Waals surface area (Å²) in [7, 11) is 0. The van der Waals surface area contributed by atoms with Gasteiger partial charge in [-0.25, -0.2) is 4.39 Å². The van der Waals surface area contributed by atoms with E-state index in [1.807, 2.05) is 52.8 Å². The third-order valence-electron chi connectivity index (χ3n) is 17.2. The SMILES string of the molecule is Cc1ccc(-c2c(C)noc2C)cc1N(CCCCN)c1ccc(C#N)c(Cl)c1.Cc1ccc(-c2c(C)noc2C)cc1N(CCCCNc1ccc2c(c1)C(=O)N(C1CCC(=O)NC1=O)C2=O)c1ccc(C#N)c(Cl)c1.O=C1CCC(N2C(=O)c3ccc(F)cc3C2=O)C(=O)N1. The summed E-state index contributed by atoms with van der Waals surface area (Å²) >= 11 is 12.8. The molecule has 2 unspecified atom stereocenters. The van der Waals surface area contributed by atoms with E-state index in [9.17, 15) is 53.3 Å². The minimum Gasteiger partial charge on any atom is -0.385 e. The molecular weight excluding hydrogens is 1280 g/mol. The number of benzene rings is 6. The quantitative estimate of drug-likeness (QED) is 0.0458. The molecule has 0 aliphatic carbocycles. The first-order valence-electron chi connectivity index (χ1n) is 31.3. The predicted molar refractivity (Wildman–Crippen MR) is 361 cm³/mol. The largest absolute Gasteiger partial charge is 0.385 e. The molecule has 4 aliphatic rings. The van der Waals surface area contributed by atoms with E-state index in [1.54, 1.807) is 36.4 Å². The molecule has 6 aromatic carbocycles. The number of halogens is 3. The monoisotopic (exact) mass is 1350 g/mol. The fourth-order valence-electron chi connectivity index (χ4n) is 12.3. The molecule has 2 atom stereocenters. The first-order chi connectivity index (χ1) is 46.5. The lowest BCUT2D eigenvalue weighted by atomic mass is 10.0. The molecule has 0 radical (unpaired) electrons. The number of carbonyl (C=O) groups excluding carboxylic acids is 8. The van der Waals surface area contributed by atoms with Gasteiger partial charge in [0.1, 0.15) is 41.6 Å². The lowest BCUT2D eigenvalue weighted by Crippen LogP contribution is -2.54. The summed E-state index contributed by atoms with van der Waals surface area (Å²) in [4.78, 5) is 104. The highest BCUT2D eigenvalue weighted by molar-refractivity contribution is 6.32. The third-order valence-corrected chi connectivity index (χ3v) is 17.9. The predicted octanol–water partition coefficient (Wildman–Crippen LogP) is 12.1. The Morgan fingerprint density at radius 3 is 1.43 bits per heavy atom. The molecule has 12 rings (SSSR count). The van der Waals surface area contributed by atoms with Crippen molar-refractivity contribution in [3.63, 3.8) is 0 Å². The number of carbonyl (C=O) groups is 8. The molecule has 22 nitrogen and oxygen atoms in total. The summed E-state index contributed by atoms with van der Waals surface area (Å²) in [6, 6.07) is 34.0. The maximum atomic E-state index is 13.2. The average Bonchev–Trinajstić information content (AvgIpc) is 1.63. The Kier molecular flexibility index (Phi) is 21.2. The van der Waals surface area contributed by atoms with E-state index in [0.717, 1.165) is 133 Å². The molecule has 25 heteroatoms. The van der Waals surface area contributed by atoms with Gasteiger partial charge in [-0.05, 0) is 194 Å². The number of nitrogens with zero attached hydrogens (tertiary/aromatic N) is 8. The Morgan fingerprint density at radius 1 is 0.567 bits per heavy atom. The number of hydrogen-bond acceptors (Lipinski definition) is 18. The van der Waals surface area contributed by atoms with Crippen LogP contribution in [0.5, 0.6) is 0 Å². The van der Waals surface area contributed by atoms with Crippen molar-refractivity contribution in [2.75, 3.05) is 41.3 Å². The Morgan fingerprint density at radius 2 is 1.01 bits per heavy atom. The van der Waals surface area contributed by atoms with Crippen molar-refractivity contribution in [2.24, 2.45) is 5.73 Å². The van der Waals surface area contributed by atoms with Crippen LogP contribution in [-0.2, 0) is 19.2 Å². The van der Waals surface area contributed by atoms with E-state index < -0.39 is 65.2 Å². The zero-order valence-electron chi connectivity index (χ0n) is 53.9. The topological polar surface area (TPSA) is 311 Å². The summed E-state index contributed by atoms with van der Waals surface area (Å²) < 4.78 is 23.9. The average molecular weight is 1350 g/mol. The fraction of sp³-hybridized carbons (Fsp3) is 0.278. The Bertz CT molecular complexity index is 4550. The number of nitrogens with one attached hydrogen (secondary N) is 3. The minimum absolute atomic E-state index is 0.0537. The van der Waals surface area contributed by atoms with Crippen molar-refractivity contribution in [3.05, 3.63) is 192 Å². The highest BCUT2D eigenvalue weighted by atomic mass is 35.5. The molecule has 97 heavy (non-hydrogen) atoms. The van der Waals surface area contributed by atoms with Crippen LogP contribution >= 0.6 is 23.2 Å². The molecule has 0 spiro atoms. The van der Waals surface area contributed by atoms with Gasteiger partial charge in [0.2, 0.25) is 23.6 Å². The van der Waals surface area contributed by atoms with Crippen molar-refractivity contribution in [2.45, 2.75) is 105 Å². The molecule has 5 N–H and O–H groups in total. The number of anilines is 5. The summed E-state index contributed by atoms with van der Waals surface area (Å²) in [6.45, 7) is 14.5. The van der Waals surface area contributed by atoms with Gasteiger partial charge >= 0.3 is 0 Å². The van der Waals surface area contributed by atoms with Crippen LogP contribution in [0.4, 0.5) is 32.8 Å². The van der Waals surface area contributed by atoms with Gasteiger partial charge in [0.15, 0.2) is 0 Å². The lowest BCUT2D eigenvalue weighted by molar-refractivity contribution is -0.137. The highest BCUT2D eigenvalue weighted by Crippen LogP contribution is 2.40.